The first-order chi connectivity index (χ1) is 13.7. The molecule has 1 saturated heterocycles. The Morgan fingerprint density at radius 2 is 2.04 bits per heavy atom. The molecular formula is C20H18N6OS. The highest BCUT2D eigenvalue weighted by atomic mass is 32.1. The molecule has 0 atom stereocenters. The summed E-state index contributed by atoms with van der Waals surface area (Å²) in [6, 6.07) is 11.4. The summed E-state index contributed by atoms with van der Waals surface area (Å²) in [5, 5.41) is 14.3. The topological polar surface area (TPSA) is 94.8 Å². The quantitative estimate of drug-likeness (QED) is 0.734. The van der Waals surface area contributed by atoms with Crippen LogP contribution < -0.4 is 10.2 Å². The van der Waals surface area contributed by atoms with E-state index in [1.54, 1.807) is 18.5 Å². The fourth-order valence-electron chi connectivity index (χ4n) is 3.18. The molecule has 0 radical (unpaired) electrons. The molecule has 1 aliphatic heterocycles. The van der Waals surface area contributed by atoms with Crippen molar-refractivity contribution in [2.45, 2.75) is 12.8 Å². The summed E-state index contributed by atoms with van der Waals surface area (Å²) in [5.41, 5.74) is 2.11. The van der Waals surface area contributed by atoms with Gasteiger partial charge in [-0.25, -0.2) is 9.97 Å². The number of nitriles is 1. The van der Waals surface area contributed by atoms with Gasteiger partial charge in [0.25, 0.3) is 0 Å². The highest BCUT2D eigenvalue weighted by Gasteiger charge is 2.26. The minimum absolute atomic E-state index is 0.00867. The highest BCUT2D eigenvalue weighted by molar-refractivity contribution is 7.14. The smallest absolute Gasteiger partial charge is 0.229 e. The highest BCUT2D eigenvalue weighted by Crippen LogP contribution is 2.26. The van der Waals surface area contributed by atoms with Crippen molar-refractivity contribution in [3.63, 3.8) is 0 Å². The van der Waals surface area contributed by atoms with E-state index in [1.165, 1.54) is 11.3 Å². The van der Waals surface area contributed by atoms with E-state index < -0.39 is 0 Å². The fraction of sp³-hybridized carbons (Fsp3) is 0.250. The molecule has 0 aromatic carbocycles. The summed E-state index contributed by atoms with van der Waals surface area (Å²) in [4.78, 5) is 27.8. The van der Waals surface area contributed by atoms with Crippen LogP contribution in [-0.4, -0.2) is 33.9 Å². The molecule has 1 amide bonds. The van der Waals surface area contributed by atoms with Gasteiger partial charge >= 0.3 is 0 Å². The van der Waals surface area contributed by atoms with Gasteiger partial charge in [-0.15, -0.1) is 11.3 Å². The van der Waals surface area contributed by atoms with E-state index in [4.69, 9.17) is 5.26 Å². The first kappa shape index (κ1) is 18.1. The van der Waals surface area contributed by atoms with Crippen LogP contribution in [0.3, 0.4) is 0 Å². The van der Waals surface area contributed by atoms with Gasteiger partial charge in [-0.1, -0.05) is 6.07 Å². The van der Waals surface area contributed by atoms with E-state index in [1.807, 2.05) is 29.6 Å². The Kier molecular flexibility index (Phi) is 5.26. The monoisotopic (exact) mass is 390 g/mol. The number of hydrogen-bond donors (Lipinski definition) is 1. The Hall–Kier alpha value is -3.31. The number of pyridine rings is 2. The zero-order valence-electron chi connectivity index (χ0n) is 15.1. The third kappa shape index (κ3) is 4.00. The van der Waals surface area contributed by atoms with Crippen LogP contribution in [-0.2, 0) is 4.79 Å². The molecule has 0 unspecified atom stereocenters. The van der Waals surface area contributed by atoms with Crippen LogP contribution in [0.1, 0.15) is 18.4 Å². The summed E-state index contributed by atoms with van der Waals surface area (Å²) in [6.07, 6.45) is 4.82. The summed E-state index contributed by atoms with van der Waals surface area (Å²) < 4.78 is 0. The van der Waals surface area contributed by atoms with Gasteiger partial charge in [-0.3, -0.25) is 9.78 Å². The van der Waals surface area contributed by atoms with Gasteiger partial charge in [-0.2, -0.15) is 5.26 Å². The van der Waals surface area contributed by atoms with Crippen LogP contribution in [0.5, 0.6) is 0 Å². The van der Waals surface area contributed by atoms with Crippen molar-refractivity contribution >= 4 is 28.2 Å². The lowest BCUT2D eigenvalue weighted by Gasteiger charge is -2.31. The Balaban J connectivity index is 1.33. The standard InChI is InChI=1S/C20H18N6OS/c21-11-14-4-5-18(23-12-14)26-9-6-15(7-10-26)19(27)25-20-24-17(13-28-20)16-3-1-2-8-22-16/h1-5,8,12-13,15H,6-7,9-10H2,(H,24,25,27). The van der Waals surface area contributed by atoms with Crippen LogP contribution in [0.15, 0.2) is 48.1 Å². The number of amides is 1. The molecule has 3 aromatic heterocycles. The van der Waals surface area contributed by atoms with Crippen LogP contribution in [0, 0.1) is 17.2 Å². The maximum absolute atomic E-state index is 12.6. The Morgan fingerprint density at radius 3 is 2.71 bits per heavy atom. The normalized spacial score (nSPS) is 14.5. The van der Waals surface area contributed by atoms with E-state index in [0.717, 1.165) is 43.1 Å². The second-order valence-corrected chi connectivity index (χ2v) is 7.38. The molecule has 0 bridgehead atoms. The van der Waals surface area contributed by atoms with Crippen molar-refractivity contribution in [3.05, 3.63) is 53.7 Å². The van der Waals surface area contributed by atoms with Crippen molar-refractivity contribution in [1.29, 1.82) is 5.26 Å². The third-order valence-corrected chi connectivity index (χ3v) is 5.49. The minimum atomic E-state index is -0.0446. The number of rotatable bonds is 4. The van der Waals surface area contributed by atoms with E-state index in [2.05, 4.69) is 31.2 Å². The number of aromatic nitrogens is 3. The first-order valence-electron chi connectivity index (χ1n) is 9.02. The Bertz CT molecular complexity index is 988. The van der Waals surface area contributed by atoms with Crippen molar-refractivity contribution in [2.24, 2.45) is 5.92 Å². The molecule has 0 spiro atoms. The second kappa shape index (κ2) is 8.15. The molecule has 8 heteroatoms. The van der Waals surface area contributed by atoms with Gasteiger partial charge in [0, 0.05) is 36.8 Å². The van der Waals surface area contributed by atoms with Crippen LogP contribution in [0.4, 0.5) is 10.9 Å². The average Bonchev–Trinajstić information content (AvgIpc) is 3.23. The SMILES string of the molecule is N#Cc1ccc(N2CCC(C(=O)Nc3nc(-c4ccccn4)cs3)CC2)nc1. The van der Waals surface area contributed by atoms with Crippen LogP contribution in [0.2, 0.25) is 0 Å². The van der Waals surface area contributed by atoms with Crippen LogP contribution in [0.25, 0.3) is 11.4 Å². The molecule has 3 aromatic rings. The number of carbonyl (C=O) groups is 1. The molecule has 4 heterocycles. The summed E-state index contributed by atoms with van der Waals surface area (Å²) in [5.74, 6) is 0.809. The van der Waals surface area contributed by atoms with Crippen LogP contribution >= 0.6 is 11.3 Å². The molecule has 1 N–H and O–H groups in total. The number of hydrogen-bond acceptors (Lipinski definition) is 7. The lowest BCUT2D eigenvalue weighted by atomic mass is 9.96. The molecular weight excluding hydrogens is 372 g/mol. The van der Waals surface area contributed by atoms with Crippen molar-refractivity contribution in [2.75, 3.05) is 23.3 Å². The zero-order valence-corrected chi connectivity index (χ0v) is 15.9. The summed E-state index contributed by atoms with van der Waals surface area (Å²) in [7, 11) is 0. The van der Waals surface area contributed by atoms with Crippen molar-refractivity contribution in [3.8, 4) is 17.5 Å². The largest absolute Gasteiger partial charge is 0.357 e. The minimum Gasteiger partial charge on any atom is -0.357 e. The van der Waals surface area contributed by atoms with Gasteiger partial charge in [0.05, 0.1) is 11.3 Å². The molecule has 0 saturated carbocycles. The van der Waals surface area contributed by atoms with E-state index >= 15 is 0 Å². The number of piperidine rings is 1. The zero-order chi connectivity index (χ0) is 19.3. The summed E-state index contributed by atoms with van der Waals surface area (Å²) >= 11 is 1.41. The molecule has 1 aliphatic rings. The number of nitrogens with zero attached hydrogens (tertiary/aromatic N) is 5. The maximum atomic E-state index is 12.6. The van der Waals surface area contributed by atoms with Gasteiger partial charge in [0.15, 0.2) is 5.13 Å². The average molecular weight is 390 g/mol. The molecule has 1 fully saturated rings. The van der Waals surface area contributed by atoms with E-state index in [-0.39, 0.29) is 11.8 Å². The van der Waals surface area contributed by atoms with E-state index in [0.29, 0.717) is 10.7 Å². The second-order valence-electron chi connectivity index (χ2n) is 6.52. The fourth-order valence-corrected chi connectivity index (χ4v) is 3.89. The maximum Gasteiger partial charge on any atom is 0.229 e. The number of carbonyl (C=O) groups excluding carboxylic acids is 1. The lowest BCUT2D eigenvalue weighted by molar-refractivity contribution is -0.120. The first-order valence-corrected chi connectivity index (χ1v) is 9.90. The van der Waals surface area contributed by atoms with E-state index in [9.17, 15) is 4.79 Å². The van der Waals surface area contributed by atoms with Gasteiger partial charge in [0.2, 0.25) is 5.91 Å². The third-order valence-electron chi connectivity index (χ3n) is 4.73. The van der Waals surface area contributed by atoms with Gasteiger partial charge in [-0.05, 0) is 37.1 Å². The predicted octanol–water partition coefficient (Wildman–Crippen LogP) is 3.33. The lowest BCUT2D eigenvalue weighted by Crippen LogP contribution is -2.38. The van der Waals surface area contributed by atoms with Gasteiger partial charge < -0.3 is 10.2 Å². The molecule has 4 rings (SSSR count). The van der Waals surface area contributed by atoms with Crippen molar-refractivity contribution < 1.29 is 4.79 Å². The molecule has 28 heavy (non-hydrogen) atoms. The number of thiazole rings is 1. The molecule has 140 valence electrons. The molecule has 7 nitrogen and oxygen atoms in total. The number of nitrogens with one attached hydrogen (secondary N) is 1. The summed E-state index contributed by atoms with van der Waals surface area (Å²) in [6.45, 7) is 1.52. The van der Waals surface area contributed by atoms with Gasteiger partial charge in [0.1, 0.15) is 17.6 Å². The predicted molar refractivity (Wildman–Crippen MR) is 108 cm³/mol. The molecule has 0 aliphatic carbocycles. The Labute approximate surface area is 166 Å². The number of anilines is 2. The Morgan fingerprint density at radius 1 is 1.18 bits per heavy atom. The van der Waals surface area contributed by atoms with Crippen molar-refractivity contribution in [1.82, 2.24) is 15.0 Å².